The zero-order valence-corrected chi connectivity index (χ0v) is 23.8. The van der Waals surface area contributed by atoms with Crippen LogP contribution in [0, 0.1) is 6.92 Å². The van der Waals surface area contributed by atoms with Crippen molar-refractivity contribution in [3.05, 3.63) is 126 Å². The number of nitrogens with one attached hydrogen (secondary N) is 3. The van der Waals surface area contributed by atoms with Crippen LogP contribution in [0.5, 0.6) is 5.75 Å². The molecule has 0 spiro atoms. The first-order valence-electron chi connectivity index (χ1n) is 13.0. The second-order valence-corrected chi connectivity index (χ2v) is 10.7. The minimum absolute atomic E-state index is 0.0759. The van der Waals surface area contributed by atoms with Crippen LogP contribution in [0.25, 0.3) is 6.08 Å². The normalized spacial score (nSPS) is 11.7. The second kappa shape index (κ2) is 14.0. The van der Waals surface area contributed by atoms with Gasteiger partial charge >= 0.3 is 0 Å². The summed E-state index contributed by atoms with van der Waals surface area (Å²) in [7, 11) is 1.56. The lowest BCUT2D eigenvalue weighted by molar-refractivity contribution is -0.115. The molecule has 0 aromatic heterocycles. The number of amides is 3. The predicted molar refractivity (Wildman–Crippen MR) is 165 cm³/mol. The van der Waals surface area contributed by atoms with Gasteiger partial charge in [-0.05, 0) is 86.2 Å². The third-order valence-corrected chi connectivity index (χ3v) is 7.16. The maximum Gasteiger partial charge on any atom is 0.272 e. The van der Waals surface area contributed by atoms with Gasteiger partial charge in [0.15, 0.2) is 0 Å². The standard InChI is InChI=1S/C33H31N3O4S/c1-22-12-14-26(15-13-22)34-31(37)23(2)41-29-18-16-27(17-19-29)35-33(39)30(21-24-8-7-11-28(20-24)40-3)36-32(38)25-9-5-4-6-10-25/h4-21,23H,1-3H3,(H,34,37)(H,35,39)(H,36,38)/b30-21-. The van der Waals surface area contributed by atoms with E-state index < -0.39 is 11.8 Å². The topological polar surface area (TPSA) is 96.5 Å². The summed E-state index contributed by atoms with van der Waals surface area (Å²) in [5.41, 5.74) is 3.61. The number of methoxy groups -OCH3 is 1. The van der Waals surface area contributed by atoms with E-state index in [0.717, 1.165) is 16.1 Å². The molecule has 0 fully saturated rings. The van der Waals surface area contributed by atoms with Crippen molar-refractivity contribution in [3.8, 4) is 5.75 Å². The largest absolute Gasteiger partial charge is 0.497 e. The van der Waals surface area contributed by atoms with Gasteiger partial charge in [-0.15, -0.1) is 11.8 Å². The third kappa shape index (κ3) is 8.58. The smallest absolute Gasteiger partial charge is 0.272 e. The van der Waals surface area contributed by atoms with Crippen LogP contribution in [0.2, 0.25) is 0 Å². The Bertz CT molecular complexity index is 1540. The number of hydrogen-bond acceptors (Lipinski definition) is 5. The van der Waals surface area contributed by atoms with Gasteiger partial charge in [0.1, 0.15) is 11.4 Å². The van der Waals surface area contributed by atoms with E-state index in [1.54, 1.807) is 67.8 Å². The fourth-order valence-corrected chi connectivity index (χ4v) is 4.66. The van der Waals surface area contributed by atoms with Crippen molar-refractivity contribution in [2.45, 2.75) is 24.0 Å². The summed E-state index contributed by atoms with van der Waals surface area (Å²) in [5, 5.41) is 8.18. The van der Waals surface area contributed by atoms with Gasteiger partial charge in [0.25, 0.3) is 11.8 Å². The molecule has 3 amide bonds. The van der Waals surface area contributed by atoms with Gasteiger partial charge in [-0.3, -0.25) is 14.4 Å². The lowest BCUT2D eigenvalue weighted by Gasteiger charge is -2.14. The molecule has 1 unspecified atom stereocenters. The molecule has 0 radical (unpaired) electrons. The van der Waals surface area contributed by atoms with Gasteiger partial charge in [-0.25, -0.2) is 0 Å². The van der Waals surface area contributed by atoms with Crippen LogP contribution in [0.3, 0.4) is 0 Å². The quantitative estimate of drug-likeness (QED) is 0.150. The van der Waals surface area contributed by atoms with Crippen molar-refractivity contribution in [1.29, 1.82) is 0 Å². The Morgan fingerprint density at radius 3 is 2.15 bits per heavy atom. The molecule has 7 nitrogen and oxygen atoms in total. The zero-order chi connectivity index (χ0) is 29.2. The first kappa shape index (κ1) is 29.2. The highest BCUT2D eigenvalue weighted by Gasteiger charge is 2.17. The number of anilines is 2. The van der Waals surface area contributed by atoms with E-state index in [1.807, 2.05) is 62.4 Å². The summed E-state index contributed by atoms with van der Waals surface area (Å²) < 4.78 is 5.29. The SMILES string of the molecule is COc1cccc(/C=C(\NC(=O)c2ccccc2)C(=O)Nc2ccc(SC(C)C(=O)Nc3ccc(C)cc3)cc2)c1. The molecule has 0 bridgehead atoms. The van der Waals surface area contributed by atoms with Crippen LogP contribution in [-0.4, -0.2) is 30.1 Å². The summed E-state index contributed by atoms with van der Waals surface area (Å²) in [6.45, 7) is 3.84. The molecule has 41 heavy (non-hydrogen) atoms. The maximum absolute atomic E-state index is 13.3. The molecule has 1 atom stereocenters. The Hall–Kier alpha value is -4.82. The molecule has 4 aromatic rings. The Kier molecular flexibility index (Phi) is 9.96. The Balaban J connectivity index is 1.44. The second-order valence-electron chi connectivity index (χ2n) is 9.25. The molecule has 0 heterocycles. The van der Waals surface area contributed by atoms with Crippen LogP contribution in [-0.2, 0) is 9.59 Å². The summed E-state index contributed by atoms with van der Waals surface area (Å²) >= 11 is 1.41. The van der Waals surface area contributed by atoms with E-state index in [-0.39, 0.29) is 16.9 Å². The lowest BCUT2D eigenvalue weighted by atomic mass is 10.1. The van der Waals surface area contributed by atoms with Crippen molar-refractivity contribution in [3.63, 3.8) is 0 Å². The molecule has 0 aliphatic heterocycles. The van der Waals surface area contributed by atoms with Crippen LogP contribution < -0.4 is 20.7 Å². The number of carbonyl (C=O) groups is 3. The highest BCUT2D eigenvalue weighted by Crippen LogP contribution is 2.26. The molecular formula is C33H31N3O4S. The van der Waals surface area contributed by atoms with E-state index in [1.165, 1.54) is 11.8 Å². The molecule has 0 saturated carbocycles. The summed E-state index contributed by atoms with van der Waals surface area (Å²) in [5.74, 6) is -0.358. The number of carbonyl (C=O) groups excluding carboxylic acids is 3. The third-order valence-electron chi connectivity index (χ3n) is 6.05. The zero-order valence-electron chi connectivity index (χ0n) is 23.0. The average Bonchev–Trinajstić information content (AvgIpc) is 2.99. The fourth-order valence-electron chi connectivity index (χ4n) is 3.79. The maximum atomic E-state index is 13.3. The molecule has 0 aliphatic carbocycles. The highest BCUT2D eigenvalue weighted by molar-refractivity contribution is 8.00. The molecule has 4 aromatic carbocycles. The average molecular weight is 566 g/mol. The molecule has 3 N–H and O–H groups in total. The van der Waals surface area contributed by atoms with Crippen molar-refractivity contribution < 1.29 is 19.1 Å². The first-order valence-corrected chi connectivity index (χ1v) is 13.9. The number of aryl methyl sites for hydroxylation is 1. The van der Waals surface area contributed by atoms with E-state index in [0.29, 0.717) is 22.6 Å². The van der Waals surface area contributed by atoms with E-state index >= 15 is 0 Å². The van der Waals surface area contributed by atoms with Gasteiger partial charge in [0, 0.05) is 21.8 Å². The number of thioether (sulfide) groups is 1. The van der Waals surface area contributed by atoms with Crippen LogP contribution >= 0.6 is 11.8 Å². The Morgan fingerprint density at radius 1 is 0.805 bits per heavy atom. The fraction of sp³-hybridized carbons (Fsp3) is 0.121. The van der Waals surface area contributed by atoms with Crippen molar-refractivity contribution in [1.82, 2.24) is 5.32 Å². The molecule has 208 valence electrons. The van der Waals surface area contributed by atoms with Gasteiger partial charge in [0.2, 0.25) is 5.91 Å². The first-order chi connectivity index (χ1) is 19.8. The lowest BCUT2D eigenvalue weighted by Crippen LogP contribution is -2.30. The molecule has 4 rings (SSSR count). The van der Waals surface area contributed by atoms with Gasteiger partial charge in [0.05, 0.1) is 12.4 Å². The van der Waals surface area contributed by atoms with Crippen molar-refractivity contribution in [2.24, 2.45) is 0 Å². The number of ether oxygens (including phenoxy) is 1. The Morgan fingerprint density at radius 2 is 1.46 bits per heavy atom. The molecule has 0 saturated heterocycles. The van der Waals surface area contributed by atoms with E-state index in [9.17, 15) is 14.4 Å². The van der Waals surface area contributed by atoms with Gasteiger partial charge in [-0.2, -0.15) is 0 Å². The minimum atomic E-state index is -0.483. The Labute approximate surface area is 244 Å². The molecule has 0 aliphatic rings. The summed E-state index contributed by atoms with van der Waals surface area (Å²) in [6, 6.07) is 30.7. The van der Waals surface area contributed by atoms with E-state index in [2.05, 4.69) is 16.0 Å². The van der Waals surface area contributed by atoms with Gasteiger partial charge in [-0.1, -0.05) is 48.0 Å². The highest BCUT2D eigenvalue weighted by atomic mass is 32.2. The summed E-state index contributed by atoms with van der Waals surface area (Å²) in [6.07, 6.45) is 1.59. The number of benzene rings is 4. The predicted octanol–water partition coefficient (Wildman–Crippen LogP) is 6.53. The monoisotopic (exact) mass is 565 g/mol. The van der Waals surface area contributed by atoms with Crippen LogP contribution in [0.1, 0.15) is 28.4 Å². The molecular weight excluding hydrogens is 534 g/mol. The van der Waals surface area contributed by atoms with E-state index in [4.69, 9.17) is 4.74 Å². The molecule has 8 heteroatoms. The minimum Gasteiger partial charge on any atom is -0.497 e. The van der Waals surface area contributed by atoms with Crippen molar-refractivity contribution in [2.75, 3.05) is 17.7 Å². The number of hydrogen-bond donors (Lipinski definition) is 3. The van der Waals surface area contributed by atoms with Crippen LogP contribution in [0.4, 0.5) is 11.4 Å². The summed E-state index contributed by atoms with van der Waals surface area (Å²) in [4.78, 5) is 39.7. The van der Waals surface area contributed by atoms with Crippen LogP contribution in [0.15, 0.2) is 114 Å². The number of rotatable bonds is 10. The van der Waals surface area contributed by atoms with Crippen molar-refractivity contribution >= 4 is 46.9 Å². The van der Waals surface area contributed by atoms with Gasteiger partial charge < -0.3 is 20.7 Å².